The third-order valence-corrected chi connectivity index (χ3v) is 5.23. The highest BCUT2D eigenvalue weighted by Crippen LogP contribution is 2.21. The van der Waals surface area contributed by atoms with Crippen LogP contribution in [-0.2, 0) is 19.5 Å². The van der Waals surface area contributed by atoms with Crippen molar-refractivity contribution < 1.29 is 9.53 Å². The molecule has 8 nitrogen and oxygen atoms in total. The number of amides is 1. The second-order valence-corrected chi connectivity index (χ2v) is 6.80. The lowest BCUT2D eigenvalue weighted by Crippen LogP contribution is -2.33. The standard InChI is InChI=1S/C19H27N5O3.ClH/c1-12-13(2)22-24(14(12)3)10-8-21-19(26)18-15-5-6-20-7-9-23(15)17(25)11-16(18)27-4;/h11,20H,5-10H2,1-4H3,(H,21,26);1H. The lowest BCUT2D eigenvalue weighted by atomic mass is 10.1. The number of aryl methyl sites for hydroxylation is 1. The summed E-state index contributed by atoms with van der Waals surface area (Å²) in [6, 6.07) is 1.40. The van der Waals surface area contributed by atoms with Crippen LogP contribution in [0.4, 0.5) is 0 Å². The molecule has 2 N–H and O–H groups in total. The molecule has 0 atom stereocenters. The number of hydrogen-bond acceptors (Lipinski definition) is 5. The van der Waals surface area contributed by atoms with Gasteiger partial charge in [-0.2, -0.15) is 5.10 Å². The van der Waals surface area contributed by atoms with Gasteiger partial charge in [-0.3, -0.25) is 14.3 Å². The number of methoxy groups -OCH3 is 1. The summed E-state index contributed by atoms with van der Waals surface area (Å²) in [5, 5.41) is 10.7. The van der Waals surface area contributed by atoms with Crippen molar-refractivity contribution in [1.82, 2.24) is 25.0 Å². The van der Waals surface area contributed by atoms with Crippen molar-refractivity contribution in [2.24, 2.45) is 0 Å². The van der Waals surface area contributed by atoms with E-state index in [0.29, 0.717) is 43.9 Å². The van der Waals surface area contributed by atoms with E-state index in [1.807, 2.05) is 25.5 Å². The molecule has 1 amide bonds. The lowest BCUT2D eigenvalue weighted by molar-refractivity contribution is 0.0946. The van der Waals surface area contributed by atoms with Crippen LogP contribution < -0.4 is 20.9 Å². The minimum absolute atomic E-state index is 0. The topological polar surface area (TPSA) is 90.2 Å². The minimum Gasteiger partial charge on any atom is -0.496 e. The van der Waals surface area contributed by atoms with Gasteiger partial charge in [-0.15, -0.1) is 12.4 Å². The lowest BCUT2D eigenvalue weighted by Gasteiger charge is -2.17. The summed E-state index contributed by atoms with van der Waals surface area (Å²) in [6.07, 6.45) is 0.603. The van der Waals surface area contributed by atoms with Crippen LogP contribution in [0, 0.1) is 20.8 Å². The molecule has 0 unspecified atom stereocenters. The zero-order valence-corrected chi connectivity index (χ0v) is 17.6. The normalized spacial score (nSPS) is 13.3. The third kappa shape index (κ3) is 4.23. The Morgan fingerprint density at radius 1 is 1.32 bits per heavy atom. The zero-order valence-electron chi connectivity index (χ0n) is 16.8. The third-order valence-electron chi connectivity index (χ3n) is 5.23. The Bertz CT molecular complexity index is 919. The minimum atomic E-state index is -0.226. The Balaban J connectivity index is 0.00000280. The molecule has 3 rings (SSSR count). The fourth-order valence-electron chi connectivity index (χ4n) is 3.47. The fourth-order valence-corrected chi connectivity index (χ4v) is 3.47. The highest BCUT2D eigenvalue weighted by atomic mass is 35.5. The number of halogens is 1. The molecule has 0 radical (unpaired) electrons. The van der Waals surface area contributed by atoms with Gasteiger partial charge in [0.15, 0.2) is 0 Å². The first-order chi connectivity index (χ1) is 12.9. The molecule has 2 aromatic heterocycles. The highest BCUT2D eigenvalue weighted by Gasteiger charge is 2.23. The number of hydrogen-bond donors (Lipinski definition) is 2. The monoisotopic (exact) mass is 409 g/mol. The maximum absolute atomic E-state index is 12.9. The van der Waals surface area contributed by atoms with Gasteiger partial charge in [-0.25, -0.2) is 0 Å². The first kappa shape index (κ1) is 22.0. The molecule has 2 aromatic rings. The van der Waals surface area contributed by atoms with E-state index >= 15 is 0 Å². The molecule has 0 fully saturated rings. The van der Waals surface area contributed by atoms with Crippen LogP contribution in [0.25, 0.3) is 0 Å². The smallest absolute Gasteiger partial charge is 0.256 e. The molecule has 0 saturated heterocycles. The second-order valence-electron chi connectivity index (χ2n) is 6.80. The van der Waals surface area contributed by atoms with E-state index in [9.17, 15) is 9.59 Å². The first-order valence-corrected chi connectivity index (χ1v) is 9.24. The predicted molar refractivity (Wildman–Crippen MR) is 110 cm³/mol. The quantitative estimate of drug-likeness (QED) is 0.768. The van der Waals surface area contributed by atoms with Gasteiger partial charge in [0.1, 0.15) is 11.3 Å². The van der Waals surface area contributed by atoms with Gasteiger partial charge in [0.05, 0.1) is 19.3 Å². The van der Waals surface area contributed by atoms with Gasteiger partial charge in [0.2, 0.25) is 0 Å². The van der Waals surface area contributed by atoms with Crippen molar-refractivity contribution in [1.29, 1.82) is 0 Å². The van der Waals surface area contributed by atoms with Gasteiger partial charge in [0, 0.05) is 50.1 Å². The largest absolute Gasteiger partial charge is 0.496 e. The molecule has 28 heavy (non-hydrogen) atoms. The Labute approximate surface area is 170 Å². The summed E-state index contributed by atoms with van der Waals surface area (Å²) in [6.45, 7) is 9.05. The predicted octanol–water partition coefficient (Wildman–Crippen LogP) is 0.976. The Morgan fingerprint density at radius 2 is 2.07 bits per heavy atom. The number of rotatable bonds is 5. The maximum Gasteiger partial charge on any atom is 0.256 e. The highest BCUT2D eigenvalue weighted by molar-refractivity contribution is 5.98. The van der Waals surface area contributed by atoms with Gasteiger partial charge in [0.25, 0.3) is 11.5 Å². The van der Waals surface area contributed by atoms with E-state index in [0.717, 1.165) is 23.6 Å². The van der Waals surface area contributed by atoms with E-state index in [1.54, 1.807) is 4.57 Å². The molecule has 1 aliphatic heterocycles. The van der Waals surface area contributed by atoms with E-state index in [2.05, 4.69) is 15.7 Å². The van der Waals surface area contributed by atoms with Crippen LogP contribution in [0.5, 0.6) is 5.75 Å². The summed E-state index contributed by atoms with van der Waals surface area (Å²) in [5.74, 6) is 0.100. The number of carbonyl (C=O) groups is 1. The summed E-state index contributed by atoms with van der Waals surface area (Å²) in [5.41, 5.74) is 4.31. The Morgan fingerprint density at radius 3 is 2.71 bits per heavy atom. The number of ether oxygens (including phenoxy) is 1. The molecule has 1 aliphatic rings. The number of carbonyl (C=O) groups excluding carboxylic acids is 1. The molecule has 0 bridgehead atoms. The van der Waals surface area contributed by atoms with Gasteiger partial charge >= 0.3 is 0 Å². The second kappa shape index (κ2) is 9.25. The van der Waals surface area contributed by atoms with Crippen LogP contribution in [0.1, 0.15) is 33.0 Å². The van der Waals surface area contributed by atoms with Crippen molar-refractivity contribution in [2.45, 2.75) is 40.3 Å². The number of pyridine rings is 1. The summed E-state index contributed by atoms with van der Waals surface area (Å²) in [7, 11) is 1.48. The number of nitrogens with zero attached hydrogens (tertiary/aromatic N) is 3. The van der Waals surface area contributed by atoms with Crippen LogP contribution in [0.2, 0.25) is 0 Å². The van der Waals surface area contributed by atoms with E-state index < -0.39 is 0 Å². The van der Waals surface area contributed by atoms with E-state index in [4.69, 9.17) is 4.74 Å². The average Bonchev–Trinajstić information content (AvgIpc) is 2.85. The van der Waals surface area contributed by atoms with Gasteiger partial charge in [-0.1, -0.05) is 0 Å². The number of aromatic nitrogens is 3. The van der Waals surface area contributed by atoms with Crippen molar-refractivity contribution >= 4 is 18.3 Å². The van der Waals surface area contributed by atoms with Crippen LogP contribution in [0.15, 0.2) is 10.9 Å². The maximum atomic E-state index is 12.9. The molecule has 3 heterocycles. The zero-order chi connectivity index (χ0) is 19.6. The van der Waals surface area contributed by atoms with Crippen molar-refractivity contribution in [3.63, 3.8) is 0 Å². The fraction of sp³-hybridized carbons (Fsp3) is 0.526. The molecular formula is C19H28ClN5O3. The summed E-state index contributed by atoms with van der Waals surface area (Å²) >= 11 is 0. The Kier molecular flexibility index (Phi) is 7.26. The molecule has 9 heteroatoms. The van der Waals surface area contributed by atoms with Crippen LogP contribution in [-0.4, -0.2) is 47.0 Å². The number of nitrogens with one attached hydrogen (secondary N) is 2. The van der Waals surface area contributed by atoms with Gasteiger partial charge < -0.3 is 19.9 Å². The number of fused-ring (bicyclic) bond motifs is 1. The summed E-state index contributed by atoms with van der Waals surface area (Å²) < 4.78 is 8.92. The van der Waals surface area contributed by atoms with Crippen molar-refractivity contribution in [3.8, 4) is 5.75 Å². The average molecular weight is 410 g/mol. The van der Waals surface area contributed by atoms with E-state index in [-0.39, 0.29) is 23.9 Å². The SMILES string of the molecule is COc1cc(=O)n2c(c1C(=O)NCCn1nc(C)c(C)c1C)CCNCC2.Cl. The molecule has 0 saturated carbocycles. The molecular weight excluding hydrogens is 382 g/mol. The molecule has 0 aromatic carbocycles. The van der Waals surface area contributed by atoms with Crippen LogP contribution in [0.3, 0.4) is 0 Å². The molecule has 0 aliphatic carbocycles. The molecule has 0 spiro atoms. The van der Waals surface area contributed by atoms with Crippen molar-refractivity contribution in [3.05, 3.63) is 44.6 Å². The van der Waals surface area contributed by atoms with Gasteiger partial charge in [-0.05, 0) is 26.3 Å². The van der Waals surface area contributed by atoms with E-state index in [1.165, 1.54) is 18.7 Å². The van der Waals surface area contributed by atoms with Crippen molar-refractivity contribution in [2.75, 3.05) is 26.7 Å². The first-order valence-electron chi connectivity index (χ1n) is 9.24. The Hall–Kier alpha value is -2.32. The molecule has 154 valence electrons. The summed E-state index contributed by atoms with van der Waals surface area (Å²) in [4.78, 5) is 25.3. The van der Waals surface area contributed by atoms with Crippen LogP contribution >= 0.6 is 12.4 Å².